The minimum Gasteiger partial charge on any atom is -0.311 e. The third-order valence-electron chi connectivity index (χ3n) is 3.71. The largest absolute Gasteiger partial charge is 0.311 e. The van der Waals surface area contributed by atoms with Crippen LogP contribution in [-0.2, 0) is 17.6 Å². The molecule has 1 aliphatic rings. The van der Waals surface area contributed by atoms with Gasteiger partial charge in [0.15, 0.2) is 0 Å². The summed E-state index contributed by atoms with van der Waals surface area (Å²) in [5, 5.41) is -0.288. The smallest absolute Gasteiger partial charge is 0.240 e. The van der Waals surface area contributed by atoms with Gasteiger partial charge in [0, 0.05) is 12.2 Å². The van der Waals surface area contributed by atoms with Gasteiger partial charge in [0.25, 0.3) is 0 Å². The summed E-state index contributed by atoms with van der Waals surface area (Å²) in [6.07, 6.45) is 1.61. The van der Waals surface area contributed by atoms with Gasteiger partial charge in [0.1, 0.15) is 0 Å². The average molecular weight is 283 g/mol. The number of nitrogens with zero attached hydrogens (tertiary/aromatic N) is 1. The Morgan fingerprint density at radius 2 is 1.80 bits per heavy atom. The number of thiol groups is 1. The second-order valence-electron chi connectivity index (χ2n) is 5.07. The van der Waals surface area contributed by atoms with Crippen LogP contribution >= 0.6 is 12.6 Å². The predicted octanol–water partition coefficient (Wildman–Crippen LogP) is 3.12. The van der Waals surface area contributed by atoms with Crippen LogP contribution in [0.1, 0.15) is 11.1 Å². The van der Waals surface area contributed by atoms with Gasteiger partial charge in [-0.3, -0.25) is 4.79 Å². The molecule has 0 radical (unpaired) electrons. The first-order valence-electron chi connectivity index (χ1n) is 6.87. The van der Waals surface area contributed by atoms with E-state index in [2.05, 4.69) is 18.7 Å². The van der Waals surface area contributed by atoms with Crippen LogP contribution in [-0.4, -0.2) is 17.7 Å². The van der Waals surface area contributed by atoms with Crippen molar-refractivity contribution in [3.63, 3.8) is 0 Å². The van der Waals surface area contributed by atoms with Crippen LogP contribution in [0.25, 0.3) is 0 Å². The highest BCUT2D eigenvalue weighted by molar-refractivity contribution is 7.81. The molecule has 0 N–H and O–H groups in total. The molecular formula is C17H17NOS. The lowest BCUT2D eigenvalue weighted by atomic mass is 10.1. The first-order chi connectivity index (χ1) is 9.75. The van der Waals surface area contributed by atoms with E-state index in [1.165, 1.54) is 5.56 Å². The van der Waals surface area contributed by atoms with E-state index in [1.807, 2.05) is 53.4 Å². The Hall–Kier alpha value is -1.74. The van der Waals surface area contributed by atoms with Crippen molar-refractivity contribution in [2.45, 2.75) is 18.1 Å². The summed E-state index contributed by atoms with van der Waals surface area (Å²) >= 11 is 4.51. The number of carbonyl (C=O) groups excluding carboxylic acids is 1. The number of benzene rings is 2. The van der Waals surface area contributed by atoms with Gasteiger partial charge >= 0.3 is 0 Å². The van der Waals surface area contributed by atoms with E-state index < -0.39 is 0 Å². The van der Waals surface area contributed by atoms with E-state index in [0.29, 0.717) is 6.42 Å². The molecule has 1 amide bonds. The molecule has 2 nitrogen and oxygen atoms in total. The Morgan fingerprint density at radius 3 is 2.60 bits per heavy atom. The maximum atomic E-state index is 12.6. The first-order valence-corrected chi connectivity index (χ1v) is 7.38. The van der Waals surface area contributed by atoms with Crippen LogP contribution in [0, 0.1) is 0 Å². The van der Waals surface area contributed by atoms with Crippen LogP contribution in [0.2, 0.25) is 0 Å². The van der Waals surface area contributed by atoms with Gasteiger partial charge in [0.05, 0.1) is 5.25 Å². The van der Waals surface area contributed by atoms with Crippen LogP contribution < -0.4 is 4.90 Å². The minimum atomic E-state index is -0.288. The van der Waals surface area contributed by atoms with Gasteiger partial charge in [-0.15, -0.1) is 0 Å². The molecule has 1 heterocycles. The molecule has 0 bridgehead atoms. The summed E-state index contributed by atoms with van der Waals surface area (Å²) in [5.74, 6) is 0.0992. The SMILES string of the molecule is O=C(C(S)Cc1ccccc1)N1CCc2ccccc21. The number of hydrogen-bond acceptors (Lipinski definition) is 2. The van der Waals surface area contributed by atoms with E-state index in [1.54, 1.807) is 0 Å². The zero-order valence-electron chi connectivity index (χ0n) is 11.2. The Labute approximate surface area is 124 Å². The van der Waals surface area contributed by atoms with E-state index in [4.69, 9.17) is 0 Å². The Bertz CT molecular complexity index is 611. The molecule has 20 heavy (non-hydrogen) atoms. The quantitative estimate of drug-likeness (QED) is 0.858. The molecule has 1 aliphatic heterocycles. The number of rotatable bonds is 3. The zero-order valence-corrected chi connectivity index (χ0v) is 12.1. The number of para-hydroxylation sites is 1. The minimum absolute atomic E-state index is 0.0992. The van der Waals surface area contributed by atoms with Gasteiger partial charge in [-0.05, 0) is 30.0 Å². The molecule has 0 spiro atoms. The molecule has 3 rings (SSSR count). The maximum Gasteiger partial charge on any atom is 0.240 e. The van der Waals surface area contributed by atoms with E-state index in [0.717, 1.165) is 24.2 Å². The lowest BCUT2D eigenvalue weighted by molar-refractivity contribution is -0.118. The third-order valence-corrected chi connectivity index (χ3v) is 4.11. The summed E-state index contributed by atoms with van der Waals surface area (Å²) in [4.78, 5) is 14.4. The fraction of sp³-hybridized carbons (Fsp3) is 0.235. The molecule has 1 atom stereocenters. The van der Waals surface area contributed by atoms with Crippen molar-refractivity contribution in [1.29, 1.82) is 0 Å². The summed E-state index contributed by atoms with van der Waals surface area (Å²) < 4.78 is 0. The molecule has 0 saturated heterocycles. The first kappa shape index (κ1) is 13.3. The zero-order chi connectivity index (χ0) is 13.9. The van der Waals surface area contributed by atoms with Crippen LogP contribution in [0.5, 0.6) is 0 Å². The molecule has 2 aromatic rings. The van der Waals surface area contributed by atoms with Crippen molar-refractivity contribution in [2.75, 3.05) is 11.4 Å². The molecule has 0 aromatic heterocycles. The number of hydrogen-bond donors (Lipinski definition) is 1. The standard InChI is InChI=1S/C17H17NOS/c19-17(16(20)12-13-6-2-1-3-7-13)18-11-10-14-8-4-5-9-15(14)18/h1-9,16,20H,10-12H2. The molecule has 3 heteroatoms. The van der Waals surface area contributed by atoms with Crippen molar-refractivity contribution in [3.8, 4) is 0 Å². The molecule has 0 aliphatic carbocycles. The molecule has 2 aromatic carbocycles. The van der Waals surface area contributed by atoms with Crippen LogP contribution in [0.4, 0.5) is 5.69 Å². The van der Waals surface area contributed by atoms with Crippen LogP contribution in [0.15, 0.2) is 54.6 Å². The number of fused-ring (bicyclic) bond motifs is 1. The fourth-order valence-electron chi connectivity index (χ4n) is 2.67. The van der Waals surface area contributed by atoms with Gasteiger partial charge in [-0.1, -0.05) is 48.5 Å². The third kappa shape index (κ3) is 2.59. The van der Waals surface area contributed by atoms with Gasteiger partial charge < -0.3 is 4.90 Å². The highest BCUT2D eigenvalue weighted by Gasteiger charge is 2.28. The molecule has 102 valence electrons. The monoisotopic (exact) mass is 283 g/mol. The summed E-state index contributed by atoms with van der Waals surface area (Å²) in [5.41, 5.74) is 3.44. The Morgan fingerprint density at radius 1 is 1.10 bits per heavy atom. The highest BCUT2D eigenvalue weighted by Crippen LogP contribution is 2.28. The molecule has 1 unspecified atom stereocenters. The van der Waals surface area contributed by atoms with Crippen molar-refractivity contribution in [1.82, 2.24) is 0 Å². The van der Waals surface area contributed by atoms with Crippen molar-refractivity contribution >= 4 is 24.2 Å². The maximum absolute atomic E-state index is 12.6. The summed E-state index contributed by atoms with van der Waals surface area (Å²) in [6.45, 7) is 0.768. The van der Waals surface area contributed by atoms with Gasteiger partial charge in [0.2, 0.25) is 5.91 Å². The summed E-state index contributed by atoms with van der Waals surface area (Å²) in [7, 11) is 0. The fourth-order valence-corrected chi connectivity index (χ4v) is 3.02. The van der Waals surface area contributed by atoms with E-state index in [-0.39, 0.29) is 11.2 Å². The second kappa shape index (κ2) is 5.71. The lowest BCUT2D eigenvalue weighted by Crippen LogP contribution is -2.36. The number of anilines is 1. The Balaban J connectivity index is 1.74. The van der Waals surface area contributed by atoms with Gasteiger partial charge in [-0.25, -0.2) is 0 Å². The normalized spacial score (nSPS) is 14.9. The van der Waals surface area contributed by atoms with Gasteiger partial charge in [-0.2, -0.15) is 12.6 Å². The molecule has 0 fully saturated rings. The molecule has 0 saturated carbocycles. The van der Waals surface area contributed by atoms with Crippen molar-refractivity contribution < 1.29 is 4.79 Å². The number of amides is 1. The number of carbonyl (C=O) groups is 1. The Kier molecular flexibility index (Phi) is 3.79. The van der Waals surface area contributed by atoms with E-state index in [9.17, 15) is 4.79 Å². The van der Waals surface area contributed by atoms with E-state index >= 15 is 0 Å². The average Bonchev–Trinajstić information content (AvgIpc) is 2.91. The topological polar surface area (TPSA) is 20.3 Å². The van der Waals surface area contributed by atoms with Crippen molar-refractivity contribution in [3.05, 3.63) is 65.7 Å². The lowest BCUT2D eigenvalue weighted by Gasteiger charge is -2.21. The van der Waals surface area contributed by atoms with Crippen molar-refractivity contribution in [2.24, 2.45) is 0 Å². The molecular weight excluding hydrogens is 266 g/mol. The second-order valence-corrected chi connectivity index (χ2v) is 5.70. The summed E-state index contributed by atoms with van der Waals surface area (Å²) in [6, 6.07) is 18.1. The van der Waals surface area contributed by atoms with Crippen LogP contribution in [0.3, 0.4) is 0 Å². The highest BCUT2D eigenvalue weighted by atomic mass is 32.1. The predicted molar refractivity (Wildman–Crippen MR) is 85.4 cm³/mol.